The first-order valence-corrected chi connectivity index (χ1v) is 11.7. The number of cyclic esters (lactones) is 1. The van der Waals surface area contributed by atoms with E-state index in [2.05, 4.69) is 0 Å². The van der Waals surface area contributed by atoms with Crippen LogP contribution in [0.15, 0.2) is 18.2 Å². The predicted octanol–water partition coefficient (Wildman–Crippen LogP) is 5.49. The molecule has 2 aromatic rings. The summed E-state index contributed by atoms with van der Waals surface area (Å²) in [6.07, 6.45) is 4.54. The summed E-state index contributed by atoms with van der Waals surface area (Å²) in [5.74, 6) is -4.13. The highest BCUT2D eigenvalue weighted by Gasteiger charge is 2.48. The zero-order valence-corrected chi connectivity index (χ0v) is 20.5. The van der Waals surface area contributed by atoms with Gasteiger partial charge in [-0.05, 0) is 25.3 Å². The lowest BCUT2D eigenvalue weighted by molar-refractivity contribution is -0.191. The van der Waals surface area contributed by atoms with E-state index in [1.165, 1.54) is 20.3 Å². The molecule has 0 bridgehead atoms. The molecular weight excluding hydrogens is 456 g/mol. The van der Waals surface area contributed by atoms with E-state index in [1.807, 2.05) is 13.8 Å². The third-order valence-corrected chi connectivity index (χ3v) is 6.17. The van der Waals surface area contributed by atoms with E-state index in [0.717, 1.165) is 31.7 Å². The van der Waals surface area contributed by atoms with E-state index in [9.17, 15) is 24.9 Å². The van der Waals surface area contributed by atoms with Crippen LogP contribution in [-0.4, -0.2) is 41.5 Å². The molecule has 3 rings (SSSR count). The van der Waals surface area contributed by atoms with Crippen molar-refractivity contribution in [2.24, 2.45) is 0 Å². The normalized spacial score (nSPS) is 16.6. The molecule has 0 aliphatic carbocycles. The van der Waals surface area contributed by atoms with Gasteiger partial charge in [0.1, 0.15) is 28.4 Å². The second-order valence-electron chi connectivity index (χ2n) is 8.46. The zero-order valence-electron chi connectivity index (χ0n) is 20.5. The molecule has 0 spiro atoms. The quantitative estimate of drug-likeness (QED) is 0.262. The second-order valence-corrected chi connectivity index (χ2v) is 8.46. The molecule has 0 saturated carbocycles. The topological polar surface area (TPSA) is 132 Å². The van der Waals surface area contributed by atoms with E-state index < -0.39 is 29.2 Å². The van der Waals surface area contributed by atoms with Crippen molar-refractivity contribution in [1.82, 2.24) is 0 Å². The number of carbonyl (C=O) groups excluding carboxylic acids is 1. The smallest absolute Gasteiger partial charge is 0.345 e. The number of phenols is 2. The van der Waals surface area contributed by atoms with Crippen molar-refractivity contribution in [3.63, 3.8) is 0 Å². The molecule has 3 N–H and O–H groups in total. The van der Waals surface area contributed by atoms with Crippen LogP contribution in [0.25, 0.3) is 0 Å². The summed E-state index contributed by atoms with van der Waals surface area (Å²) in [7, 11) is 2.91. The maximum atomic E-state index is 13.0. The fraction of sp³-hybridized carbons (Fsp3) is 0.462. The van der Waals surface area contributed by atoms with Gasteiger partial charge in [-0.15, -0.1) is 0 Å². The second kappa shape index (κ2) is 10.9. The number of hydrogen-bond donors (Lipinski definition) is 3. The summed E-state index contributed by atoms with van der Waals surface area (Å²) in [4.78, 5) is 25.0. The average molecular weight is 489 g/mol. The zero-order chi connectivity index (χ0) is 25.8. The van der Waals surface area contributed by atoms with Crippen molar-refractivity contribution in [3.8, 4) is 28.7 Å². The molecule has 190 valence electrons. The number of aromatic hydroxyl groups is 2. The SMILES string of the molecule is CCCCCc1c(Oc2cc(OC)cc3c2C(=O)O[C@@]3(CCCC)OC)c(O)cc(O)c1C(=O)O. The van der Waals surface area contributed by atoms with Gasteiger partial charge < -0.3 is 34.3 Å². The van der Waals surface area contributed by atoms with Gasteiger partial charge in [-0.3, -0.25) is 0 Å². The fourth-order valence-electron chi connectivity index (χ4n) is 4.35. The van der Waals surface area contributed by atoms with Crippen LogP contribution in [0.4, 0.5) is 0 Å². The average Bonchev–Trinajstić information content (AvgIpc) is 3.11. The van der Waals surface area contributed by atoms with Crippen molar-refractivity contribution in [2.45, 2.75) is 64.6 Å². The third-order valence-electron chi connectivity index (χ3n) is 6.17. The van der Waals surface area contributed by atoms with Crippen LogP contribution in [0.5, 0.6) is 28.7 Å². The van der Waals surface area contributed by atoms with Crippen molar-refractivity contribution in [1.29, 1.82) is 0 Å². The van der Waals surface area contributed by atoms with Gasteiger partial charge in [0.15, 0.2) is 11.5 Å². The molecule has 9 heteroatoms. The third kappa shape index (κ3) is 5.00. The summed E-state index contributed by atoms with van der Waals surface area (Å²) in [5.41, 5.74) is 0.310. The number of hydrogen-bond acceptors (Lipinski definition) is 8. The van der Waals surface area contributed by atoms with E-state index in [-0.39, 0.29) is 34.6 Å². The number of unbranched alkanes of at least 4 members (excludes halogenated alkanes) is 3. The lowest BCUT2D eigenvalue weighted by atomic mass is 9.96. The predicted molar refractivity (Wildman–Crippen MR) is 127 cm³/mol. The van der Waals surface area contributed by atoms with Gasteiger partial charge in [-0.1, -0.05) is 33.1 Å². The van der Waals surface area contributed by atoms with Crippen LogP contribution in [0.1, 0.15) is 84.2 Å². The van der Waals surface area contributed by atoms with E-state index in [4.69, 9.17) is 18.9 Å². The Balaban J connectivity index is 2.20. The van der Waals surface area contributed by atoms with E-state index in [0.29, 0.717) is 24.2 Å². The number of fused-ring (bicyclic) bond motifs is 1. The van der Waals surface area contributed by atoms with Crippen LogP contribution in [-0.2, 0) is 21.7 Å². The van der Waals surface area contributed by atoms with Crippen LogP contribution >= 0.6 is 0 Å². The van der Waals surface area contributed by atoms with Gasteiger partial charge in [0.2, 0.25) is 5.79 Å². The van der Waals surface area contributed by atoms with Crippen molar-refractivity contribution >= 4 is 11.9 Å². The van der Waals surface area contributed by atoms with Crippen LogP contribution < -0.4 is 9.47 Å². The van der Waals surface area contributed by atoms with E-state index >= 15 is 0 Å². The van der Waals surface area contributed by atoms with Gasteiger partial charge in [0.25, 0.3) is 0 Å². The van der Waals surface area contributed by atoms with Crippen LogP contribution in [0, 0.1) is 0 Å². The van der Waals surface area contributed by atoms with Crippen molar-refractivity contribution in [2.75, 3.05) is 14.2 Å². The fourth-order valence-corrected chi connectivity index (χ4v) is 4.35. The summed E-state index contributed by atoms with van der Waals surface area (Å²) in [6.45, 7) is 4.01. The molecule has 0 aromatic heterocycles. The Labute approximate surface area is 204 Å². The molecule has 0 radical (unpaired) electrons. The Morgan fingerprint density at radius 3 is 2.34 bits per heavy atom. The van der Waals surface area contributed by atoms with Crippen molar-refractivity contribution < 1.29 is 43.9 Å². The number of carboxylic acid groups (broad SMARTS) is 1. The number of rotatable bonds is 12. The summed E-state index contributed by atoms with van der Waals surface area (Å²) in [5, 5.41) is 30.6. The largest absolute Gasteiger partial charge is 0.507 e. The molecular formula is C26H32O9. The molecule has 9 nitrogen and oxygen atoms in total. The number of benzene rings is 2. The molecule has 1 heterocycles. The highest BCUT2D eigenvalue weighted by molar-refractivity contribution is 5.98. The minimum atomic E-state index is -1.35. The number of methoxy groups -OCH3 is 2. The van der Waals surface area contributed by atoms with Gasteiger partial charge >= 0.3 is 11.9 Å². The van der Waals surface area contributed by atoms with Gasteiger partial charge in [-0.2, -0.15) is 0 Å². The Hall–Kier alpha value is -3.46. The molecule has 1 aliphatic rings. The highest BCUT2D eigenvalue weighted by atomic mass is 16.7. The lowest BCUT2D eigenvalue weighted by Gasteiger charge is -2.27. The molecule has 1 atom stereocenters. The number of aromatic carboxylic acids is 1. The lowest BCUT2D eigenvalue weighted by Crippen LogP contribution is -2.28. The molecule has 35 heavy (non-hydrogen) atoms. The molecule has 0 fully saturated rings. The van der Waals surface area contributed by atoms with Crippen molar-refractivity contribution in [3.05, 3.63) is 40.5 Å². The number of phenolic OH excluding ortho intramolecular Hbond substituents is 1. The monoisotopic (exact) mass is 488 g/mol. The Morgan fingerprint density at radius 1 is 1.03 bits per heavy atom. The number of carbonyl (C=O) groups is 2. The number of esters is 1. The summed E-state index contributed by atoms with van der Waals surface area (Å²) >= 11 is 0. The molecule has 0 unspecified atom stereocenters. The Bertz CT molecular complexity index is 1110. The summed E-state index contributed by atoms with van der Waals surface area (Å²) in [6, 6.07) is 4.03. The maximum absolute atomic E-state index is 13.0. The minimum absolute atomic E-state index is 0.0221. The Morgan fingerprint density at radius 2 is 1.74 bits per heavy atom. The number of carboxylic acids is 1. The highest BCUT2D eigenvalue weighted by Crippen LogP contribution is 2.49. The Kier molecular flexibility index (Phi) is 8.11. The molecule has 0 amide bonds. The van der Waals surface area contributed by atoms with Crippen LogP contribution in [0.3, 0.4) is 0 Å². The summed E-state index contributed by atoms with van der Waals surface area (Å²) < 4.78 is 22.8. The van der Waals surface area contributed by atoms with Gasteiger partial charge in [-0.25, -0.2) is 9.59 Å². The van der Waals surface area contributed by atoms with Gasteiger partial charge in [0.05, 0.1) is 7.11 Å². The van der Waals surface area contributed by atoms with E-state index in [1.54, 1.807) is 6.07 Å². The first-order valence-electron chi connectivity index (χ1n) is 11.7. The molecule has 1 aliphatic heterocycles. The first kappa shape index (κ1) is 26.2. The van der Waals surface area contributed by atoms with Crippen LogP contribution in [0.2, 0.25) is 0 Å². The minimum Gasteiger partial charge on any atom is -0.507 e. The van der Waals surface area contributed by atoms with Gasteiger partial charge in [0, 0.05) is 36.8 Å². The molecule has 0 saturated heterocycles. The standard InChI is InChI=1S/C26H32O9/c1-5-7-9-10-16-21(24(29)30)18(27)14-19(28)23(16)34-20-13-15(32-3)12-17-22(20)25(31)35-26(17,33-4)11-8-6-2/h12-14,27-28H,5-11H2,1-4H3,(H,29,30)/t26-/m1/s1. The molecule has 2 aromatic carbocycles. The number of ether oxygens (including phenoxy) is 4. The maximum Gasteiger partial charge on any atom is 0.345 e. The first-order chi connectivity index (χ1) is 16.7.